The molecule has 2 amide bonds. The first-order valence-electron chi connectivity index (χ1n) is 14.7. The molecule has 0 saturated carbocycles. The predicted molar refractivity (Wildman–Crippen MR) is 178 cm³/mol. The second-order valence-corrected chi connectivity index (χ2v) is 11.4. The van der Waals surface area contributed by atoms with E-state index >= 15 is 0 Å². The van der Waals surface area contributed by atoms with Gasteiger partial charge in [0.1, 0.15) is 11.5 Å². The number of nitrogen functional groups attached to an aromatic ring is 1. The van der Waals surface area contributed by atoms with Crippen molar-refractivity contribution in [1.82, 2.24) is 29.7 Å². The van der Waals surface area contributed by atoms with Crippen molar-refractivity contribution in [3.05, 3.63) is 76.7 Å². The van der Waals surface area contributed by atoms with Gasteiger partial charge >= 0.3 is 0 Å². The van der Waals surface area contributed by atoms with Crippen LogP contribution in [0.4, 0.5) is 5.82 Å². The second-order valence-electron chi connectivity index (χ2n) is 11.1. The zero-order valence-electron chi connectivity index (χ0n) is 25.4. The van der Waals surface area contributed by atoms with Gasteiger partial charge in [0.2, 0.25) is 4.77 Å². The number of benzene rings is 3. The van der Waals surface area contributed by atoms with Gasteiger partial charge < -0.3 is 39.9 Å². The smallest absolute Gasteiger partial charge is 0.267 e. The van der Waals surface area contributed by atoms with Crippen LogP contribution in [0.15, 0.2) is 60.7 Å². The summed E-state index contributed by atoms with van der Waals surface area (Å²) >= 11 is 5.49. The van der Waals surface area contributed by atoms with Crippen LogP contribution in [0.5, 0.6) is 11.5 Å². The van der Waals surface area contributed by atoms with Crippen LogP contribution in [0.25, 0.3) is 32.9 Å². The van der Waals surface area contributed by atoms with Gasteiger partial charge in [0.15, 0.2) is 11.5 Å². The van der Waals surface area contributed by atoms with Crippen LogP contribution < -0.4 is 20.5 Å². The van der Waals surface area contributed by atoms with Crippen molar-refractivity contribution in [1.29, 1.82) is 0 Å². The number of amides is 2. The van der Waals surface area contributed by atoms with Crippen molar-refractivity contribution < 1.29 is 19.1 Å². The fourth-order valence-corrected chi connectivity index (χ4v) is 5.88. The third-order valence-corrected chi connectivity index (χ3v) is 8.57. The monoisotopic (exact) mass is 625 g/mol. The van der Waals surface area contributed by atoms with E-state index in [9.17, 15) is 9.59 Å². The number of aromatic nitrogens is 3. The molecule has 0 aliphatic carbocycles. The van der Waals surface area contributed by atoms with Crippen LogP contribution in [0.3, 0.4) is 0 Å². The molecule has 12 heteroatoms. The molecule has 4 N–H and O–H groups in total. The minimum atomic E-state index is -0.246. The number of ether oxygens (including phenoxy) is 2. The number of nitrogens with zero attached hydrogens (tertiary/aromatic N) is 4. The number of H-pyrrole nitrogens is 1. The molecule has 3 heterocycles. The van der Waals surface area contributed by atoms with Crippen molar-refractivity contribution in [2.75, 3.05) is 59.7 Å². The van der Waals surface area contributed by atoms with Gasteiger partial charge in [0.05, 0.1) is 19.7 Å². The van der Waals surface area contributed by atoms with Gasteiger partial charge in [-0.15, -0.1) is 0 Å². The van der Waals surface area contributed by atoms with Gasteiger partial charge in [0, 0.05) is 67.2 Å². The molecule has 2 aromatic heterocycles. The van der Waals surface area contributed by atoms with E-state index in [1.807, 2.05) is 53.4 Å². The number of carbonyl (C=O) groups is 2. The fraction of sp³-hybridized carbons (Fsp3) is 0.273. The molecule has 1 saturated heterocycles. The van der Waals surface area contributed by atoms with E-state index in [4.69, 9.17) is 27.4 Å². The molecule has 1 fully saturated rings. The number of piperazine rings is 1. The summed E-state index contributed by atoms with van der Waals surface area (Å²) in [7, 11) is 5.18. The van der Waals surface area contributed by atoms with E-state index in [0.29, 0.717) is 50.8 Å². The third-order valence-electron chi connectivity index (χ3n) is 8.26. The first-order valence-corrected chi connectivity index (χ1v) is 15.1. The summed E-state index contributed by atoms with van der Waals surface area (Å²) in [6, 6.07) is 19.0. The number of nitrogens with one attached hydrogen (secondary N) is 2. The van der Waals surface area contributed by atoms with Crippen LogP contribution in [0.1, 0.15) is 20.8 Å². The molecule has 5 aromatic rings. The Bertz CT molecular complexity index is 1960. The molecule has 1 aliphatic heterocycles. The number of hydrogen-bond acceptors (Lipinski definition) is 8. The highest BCUT2D eigenvalue weighted by atomic mass is 32.1. The zero-order valence-corrected chi connectivity index (χ0v) is 26.2. The molecule has 0 spiro atoms. The number of hydrogen-bond donors (Lipinski definition) is 3. The number of fused-ring (bicyclic) bond motifs is 2. The summed E-state index contributed by atoms with van der Waals surface area (Å²) in [6.45, 7) is 3.88. The molecule has 6 rings (SSSR count). The molecule has 0 bridgehead atoms. The summed E-state index contributed by atoms with van der Waals surface area (Å²) < 4.78 is 12.8. The number of rotatable bonds is 8. The van der Waals surface area contributed by atoms with Gasteiger partial charge in [-0.05, 0) is 60.7 Å². The molecule has 0 unspecified atom stereocenters. The van der Waals surface area contributed by atoms with Crippen molar-refractivity contribution in [3.63, 3.8) is 0 Å². The Kier molecular flexibility index (Phi) is 8.42. The van der Waals surface area contributed by atoms with Crippen LogP contribution in [0.2, 0.25) is 0 Å². The average Bonchev–Trinajstić information content (AvgIpc) is 3.49. The molecular formula is C33H35N7O4S. The maximum Gasteiger partial charge on any atom is 0.267 e. The molecule has 0 atom stereocenters. The van der Waals surface area contributed by atoms with Crippen LogP contribution in [-0.2, 0) is 6.54 Å². The standard InChI is InChI=1S/C33H35N7O4S/c1-38-12-14-39(15-13-38)32(42)21-6-4-20(5-7-21)22-8-9-23-17-27(36-25(23)16-22)31(41)35-10-11-40-30(34)24-18-28(43-2)29(44-3)19-26(24)37-33(40)45/h4-9,16-19,36H,10-15,34H2,1-3H3,(H,35,41). The summed E-state index contributed by atoms with van der Waals surface area (Å²) in [5, 5.41) is 4.53. The van der Waals surface area contributed by atoms with E-state index in [1.165, 1.54) is 0 Å². The number of methoxy groups -OCH3 is 2. The molecule has 0 radical (unpaired) electrons. The Balaban J connectivity index is 1.12. The van der Waals surface area contributed by atoms with Gasteiger partial charge in [-0.1, -0.05) is 24.3 Å². The maximum absolute atomic E-state index is 13.1. The molecular weight excluding hydrogens is 590 g/mol. The molecule has 45 heavy (non-hydrogen) atoms. The van der Waals surface area contributed by atoms with Crippen molar-refractivity contribution in [2.24, 2.45) is 0 Å². The minimum absolute atomic E-state index is 0.0629. The zero-order chi connectivity index (χ0) is 31.7. The Morgan fingerprint density at radius 2 is 1.64 bits per heavy atom. The summed E-state index contributed by atoms with van der Waals surface area (Å²) in [5.74, 6) is 1.31. The average molecular weight is 626 g/mol. The Hall–Kier alpha value is -4.94. The molecule has 1 aliphatic rings. The van der Waals surface area contributed by atoms with Crippen molar-refractivity contribution in [2.45, 2.75) is 6.54 Å². The Morgan fingerprint density at radius 3 is 2.36 bits per heavy atom. The van der Waals surface area contributed by atoms with E-state index in [2.05, 4.69) is 27.2 Å². The highest BCUT2D eigenvalue weighted by molar-refractivity contribution is 7.71. The topological polar surface area (TPSA) is 131 Å². The summed E-state index contributed by atoms with van der Waals surface area (Å²) in [6.07, 6.45) is 0. The lowest BCUT2D eigenvalue weighted by Crippen LogP contribution is -2.47. The normalized spacial score (nSPS) is 13.7. The lowest BCUT2D eigenvalue weighted by molar-refractivity contribution is 0.0664. The van der Waals surface area contributed by atoms with Crippen LogP contribution in [0, 0.1) is 4.77 Å². The predicted octanol–water partition coefficient (Wildman–Crippen LogP) is 4.33. The molecule has 232 valence electrons. The van der Waals surface area contributed by atoms with Crippen LogP contribution >= 0.6 is 12.2 Å². The van der Waals surface area contributed by atoms with Crippen molar-refractivity contribution in [3.8, 4) is 22.6 Å². The number of nitrogens with two attached hydrogens (primary N) is 1. The van der Waals surface area contributed by atoms with E-state index in [-0.39, 0.29) is 18.4 Å². The number of anilines is 1. The van der Waals surface area contributed by atoms with E-state index in [1.54, 1.807) is 30.9 Å². The first-order chi connectivity index (χ1) is 21.7. The lowest BCUT2D eigenvalue weighted by atomic mass is 10.0. The summed E-state index contributed by atoms with van der Waals surface area (Å²) in [5.41, 5.74) is 11.0. The largest absolute Gasteiger partial charge is 0.493 e. The maximum atomic E-state index is 13.1. The molecule has 11 nitrogen and oxygen atoms in total. The third kappa shape index (κ3) is 6.06. The van der Waals surface area contributed by atoms with Gasteiger partial charge in [-0.3, -0.25) is 9.59 Å². The number of aromatic amines is 1. The lowest BCUT2D eigenvalue weighted by Gasteiger charge is -2.32. The summed E-state index contributed by atoms with van der Waals surface area (Å²) in [4.78, 5) is 37.8. The van der Waals surface area contributed by atoms with Gasteiger partial charge in [-0.2, -0.15) is 0 Å². The minimum Gasteiger partial charge on any atom is -0.493 e. The number of carbonyl (C=O) groups excluding carboxylic acids is 2. The van der Waals surface area contributed by atoms with E-state index < -0.39 is 0 Å². The van der Waals surface area contributed by atoms with Crippen LogP contribution in [-0.4, -0.2) is 90.1 Å². The highest BCUT2D eigenvalue weighted by Gasteiger charge is 2.20. The Morgan fingerprint density at radius 1 is 0.956 bits per heavy atom. The number of likely N-dealkylation sites (N-methyl/N-ethyl adjacent to an activating group) is 1. The highest BCUT2D eigenvalue weighted by Crippen LogP contribution is 2.33. The quantitative estimate of drug-likeness (QED) is 0.217. The van der Waals surface area contributed by atoms with Crippen molar-refractivity contribution >= 4 is 51.7 Å². The van der Waals surface area contributed by atoms with E-state index in [0.717, 1.165) is 48.2 Å². The van der Waals surface area contributed by atoms with Gasteiger partial charge in [-0.25, -0.2) is 4.98 Å². The second kappa shape index (κ2) is 12.6. The Labute approximate surface area is 265 Å². The fourth-order valence-electron chi connectivity index (χ4n) is 5.60. The van der Waals surface area contributed by atoms with Gasteiger partial charge in [0.25, 0.3) is 11.8 Å². The molecule has 3 aromatic carbocycles. The SMILES string of the molecule is COc1cc2nc(=S)n(CCNC(=O)c3cc4ccc(-c5ccc(C(=O)N6CCN(C)CC6)cc5)cc4[nH]3)c(N)c2cc1OC. The first kappa shape index (κ1) is 30.1.